The van der Waals surface area contributed by atoms with Crippen LogP contribution in [-0.4, -0.2) is 30.8 Å². The molecule has 0 saturated carbocycles. The molecule has 108 valence electrons. The van der Waals surface area contributed by atoms with E-state index in [9.17, 15) is 9.59 Å². The summed E-state index contributed by atoms with van der Waals surface area (Å²) in [7, 11) is 3.33. The summed E-state index contributed by atoms with van der Waals surface area (Å²) in [5, 5.41) is 2.74. The van der Waals surface area contributed by atoms with Crippen molar-refractivity contribution in [3.63, 3.8) is 0 Å². The summed E-state index contributed by atoms with van der Waals surface area (Å²) in [6.45, 7) is 0. The third-order valence-corrected chi connectivity index (χ3v) is 3.02. The Morgan fingerprint density at radius 2 is 1.52 bits per heavy atom. The van der Waals surface area contributed by atoms with E-state index in [2.05, 4.69) is 5.32 Å². The number of anilines is 2. The molecule has 0 atom stereocenters. The first-order valence-corrected chi connectivity index (χ1v) is 6.47. The van der Waals surface area contributed by atoms with Gasteiger partial charge < -0.3 is 16.0 Å². The van der Waals surface area contributed by atoms with Crippen molar-refractivity contribution in [1.82, 2.24) is 4.90 Å². The number of nitrogens with zero attached hydrogens (tertiary/aromatic N) is 1. The lowest BCUT2D eigenvalue weighted by atomic mass is 10.1. The lowest BCUT2D eigenvalue weighted by Gasteiger charge is -2.15. The maximum absolute atomic E-state index is 12.3. The summed E-state index contributed by atoms with van der Waals surface area (Å²) in [5.41, 5.74) is 7.46. The maximum Gasteiger partial charge on any atom is 0.257 e. The quantitative estimate of drug-likeness (QED) is 0.848. The molecule has 0 aromatic heterocycles. The fourth-order valence-electron chi connectivity index (χ4n) is 1.91. The molecule has 2 rings (SSSR count). The van der Waals surface area contributed by atoms with Crippen LogP contribution in [0.15, 0.2) is 48.5 Å². The summed E-state index contributed by atoms with van der Waals surface area (Å²) in [4.78, 5) is 25.8. The van der Waals surface area contributed by atoms with E-state index in [1.807, 2.05) is 0 Å². The fraction of sp³-hybridized carbons (Fsp3) is 0.125. The van der Waals surface area contributed by atoms with E-state index in [0.717, 1.165) is 0 Å². The molecule has 0 aliphatic carbocycles. The van der Waals surface area contributed by atoms with Crippen LogP contribution in [0.1, 0.15) is 20.7 Å². The number of nitrogen functional groups attached to an aromatic ring is 1. The van der Waals surface area contributed by atoms with Crippen molar-refractivity contribution < 1.29 is 9.59 Å². The van der Waals surface area contributed by atoms with Gasteiger partial charge in [-0.2, -0.15) is 0 Å². The standard InChI is InChI=1S/C16H17N3O2/c1-19(2)16(21)12-8-4-6-10-14(12)18-15(20)11-7-3-5-9-13(11)17/h3-10H,17H2,1-2H3,(H,18,20). The molecule has 0 aliphatic rings. The van der Waals surface area contributed by atoms with Crippen molar-refractivity contribution in [1.29, 1.82) is 0 Å². The Kier molecular flexibility index (Phi) is 4.23. The SMILES string of the molecule is CN(C)C(=O)c1ccccc1NC(=O)c1ccccc1N. The summed E-state index contributed by atoms with van der Waals surface area (Å²) in [6, 6.07) is 13.7. The van der Waals surface area contributed by atoms with Crippen LogP contribution in [0.5, 0.6) is 0 Å². The molecule has 0 bridgehead atoms. The average Bonchev–Trinajstić information content (AvgIpc) is 2.47. The number of benzene rings is 2. The molecule has 0 heterocycles. The second-order valence-corrected chi connectivity index (χ2v) is 4.79. The fourth-order valence-corrected chi connectivity index (χ4v) is 1.91. The maximum atomic E-state index is 12.3. The van der Waals surface area contributed by atoms with Gasteiger partial charge in [0.25, 0.3) is 11.8 Å². The first-order valence-electron chi connectivity index (χ1n) is 6.47. The smallest absolute Gasteiger partial charge is 0.257 e. The Balaban J connectivity index is 2.30. The van der Waals surface area contributed by atoms with Crippen LogP contribution >= 0.6 is 0 Å². The van der Waals surface area contributed by atoms with E-state index in [-0.39, 0.29) is 11.8 Å². The number of carbonyl (C=O) groups is 2. The molecule has 2 amide bonds. The summed E-state index contributed by atoms with van der Waals surface area (Å²) < 4.78 is 0. The predicted molar refractivity (Wildman–Crippen MR) is 83.3 cm³/mol. The van der Waals surface area contributed by atoms with Gasteiger partial charge >= 0.3 is 0 Å². The van der Waals surface area contributed by atoms with Crippen LogP contribution in [0.4, 0.5) is 11.4 Å². The molecule has 3 N–H and O–H groups in total. The molecule has 0 radical (unpaired) electrons. The van der Waals surface area contributed by atoms with Crippen LogP contribution in [0, 0.1) is 0 Å². The van der Waals surface area contributed by atoms with Crippen molar-refractivity contribution in [2.24, 2.45) is 0 Å². The number of para-hydroxylation sites is 2. The van der Waals surface area contributed by atoms with Gasteiger partial charge in [-0.25, -0.2) is 0 Å². The minimum absolute atomic E-state index is 0.174. The molecule has 0 saturated heterocycles. The lowest BCUT2D eigenvalue weighted by Crippen LogP contribution is -2.24. The van der Waals surface area contributed by atoms with Crippen LogP contribution < -0.4 is 11.1 Å². The zero-order valence-electron chi connectivity index (χ0n) is 12.0. The van der Waals surface area contributed by atoms with Crippen molar-refractivity contribution in [3.05, 3.63) is 59.7 Å². The average molecular weight is 283 g/mol. The van der Waals surface area contributed by atoms with Crippen LogP contribution in [0.25, 0.3) is 0 Å². The number of amides is 2. The van der Waals surface area contributed by atoms with Gasteiger partial charge in [-0.15, -0.1) is 0 Å². The molecule has 2 aromatic rings. The topological polar surface area (TPSA) is 75.4 Å². The zero-order chi connectivity index (χ0) is 15.4. The number of nitrogens with two attached hydrogens (primary N) is 1. The highest BCUT2D eigenvalue weighted by molar-refractivity contribution is 6.11. The Hall–Kier alpha value is -2.82. The van der Waals surface area contributed by atoms with E-state index in [4.69, 9.17) is 5.73 Å². The first-order chi connectivity index (χ1) is 10.0. The molecule has 0 spiro atoms. The number of hydrogen-bond acceptors (Lipinski definition) is 3. The Bertz CT molecular complexity index is 681. The van der Waals surface area contributed by atoms with E-state index in [1.165, 1.54) is 4.90 Å². The number of carbonyl (C=O) groups excluding carboxylic acids is 2. The summed E-state index contributed by atoms with van der Waals surface area (Å²) in [6.07, 6.45) is 0. The molecular formula is C16H17N3O2. The van der Waals surface area contributed by atoms with Crippen LogP contribution in [0.3, 0.4) is 0 Å². The van der Waals surface area contributed by atoms with E-state index < -0.39 is 0 Å². The van der Waals surface area contributed by atoms with Crippen molar-refractivity contribution >= 4 is 23.2 Å². The molecule has 0 aliphatic heterocycles. The third-order valence-electron chi connectivity index (χ3n) is 3.02. The van der Waals surface area contributed by atoms with Gasteiger partial charge in [0.15, 0.2) is 0 Å². The molecule has 0 fully saturated rings. The zero-order valence-corrected chi connectivity index (χ0v) is 12.0. The molecule has 0 unspecified atom stereocenters. The van der Waals surface area contributed by atoms with Crippen molar-refractivity contribution in [2.45, 2.75) is 0 Å². The van der Waals surface area contributed by atoms with E-state index in [1.54, 1.807) is 62.6 Å². The minimum atomic E-state index is -0.341. The van der Waals surface area contributed by atoms with E-state index in [0.29, 0.717) is 22.5 Å². The lowest BCUT2D eigenvalue weighted by molar-refractivity contribution is 0.0828. The third kappa shape index (κ3) is 3.20. The normalized spacial score (nSPS) is 10.0. The van der Waals surface area contributed by atoms with Gasteiger partial charge in [0.05, 0.1) is 16.8 Å². The second-order valence-electron chi connectivity index (χ2n) is 4.79. The Morgan fingerprint density at radius 3 is 2.14 bits per heavy atom. The second kappa shape index (κ2) is 6.09. The molecule has 21 heavy (non-hydrogen) atoms. The number of nitrogens with one attached hydrogen (secondary N) is 1. The summed E-state index contributed by atoms with van der Waals surface area (Å²) >= 11 is 0. The highest BCUT2D eigenvalue weighted by Crippen LogP contribution is 2.19. The Labute approximate surface area is 123 Å². The molecular weight excluding hydrogens is 266 g/mol. The molecule has 5 nitrogen and oxygen atoms in total. The van der Waals surface area contributed by atoms with Crippen LogP contribution in [-0.2, 0) is 0 Å². The monoisotopic (exact) mass is 283 g/mol. The van der Waals surface area contributed by atoms with Crippen molar-refractivity contribution in [2.75, 3.05) is 25.1 Å². The van der Waals surface area contributed by atoms with Gasteiger partial charge in [0.2, 0.25) is 0 Å². The van der Waals surface area contributed by atoms with Crippen molar-refractivity contribution in [3.8, 4) is 0 Å². The van der Waals surface area contributed by atoms with Gasteiger partial charge in [-0.3, -0.25) is 9.59 Å². The largest absolute Gasteiger partial charge is 0.398 e. The molecule has 2 aromatic carbocycles. The van der Waals surface area contributed by atoms with Gasteiger partial charge in [-0.05, 0) is 24.3 Å². The highest BCUT2D eigenvalue weighted by atomic mass is 16.2. The van der Waals surface area contributed by atoms with Gasteiger partial charge in [0.1, 0.15) is 0 Å². The number of hydrogen-bond donors (Lipinski definition) is 2. The van der Waals surface area contributed by atoms with Gasteiger partial charge in [-0.1, -0.05) is 24.3 Å². The predicted octanol–water partition coefficient (Wildman–Crippen LogP) is 2.22. The number of rotatable bonds is 3. The first kappa shape index (κ1) is 14.6. The Morgan fingerprint density at radius 1 is 0.952 bits per heavy atom. The minimum Gasteiger partial charge on any atom is -0.398 e. The van der Waals surface area contributed by atoms with E-state index >= 15 is 0 Å². The summed E-state index contributed by atoms with van der Waals surface area (Å²) in [5.74, 6) is -0.515. The van der Waals surface area contributed by atoms with Gasteiger partial charge in [0, 0.05) is 19.8 Å². The van der Waals surface area contributed by atoms with Crippen LogP contribution in [0.2, 0.25) is 0 Å². The molecule has 5 heteroatoms. The highest BCUT2D eigenvalue weighted by Gasteiger charge is 2.16.